The van der Waals surface area contributed by atoms with Crippen LogP contribution in [0.3, 0.4) is 0 Å². The van der Waals surface area contributed by atoms with Crippen molar-refractivity contribution in [3.8, 4) is 11.3 Å². The van der Waals surface area contributed by atoms with Crippen LogP contribution in [0.1, 0.15) is 45.5 Å². The topological polar surface area (TPSA) is 120 Å². The van der Waals surface area contributed by atoms with Crippen molar-refractivity contribution < 1.29 is 13.5 Å². The van der Waals surface area contributed by atoms with Crippen molar-refractivity contribution in [3.05, 3.63) is 71.4 Å². The molecule has 0 aliphatic carbocycles. The van der Waals surface area contributed by atoms with Crippen LogP contribution in [0.25, 0.3) is 22.3 Å². The summed E-state index contributed by atoms with van der Waals surface area (Å²) in [5.41, 5.74) is 8.18. The van der Waals surface area contributed by atoms with E-state index in [2.05, 4.69) is 42.1 Å². The minimum atomic E-state index is -0.671. The molecule has 1 spiro atoms. The van der Waals surface area contributed by atoms with Crippen molar-refractivity contribution in [3.63, 3.8) is 0 Å². The van der Waals surface area contributed by atoms with Crippen molar-refractivity contribution in [1.82, 2.24) is 29.5 Å². The number of anilines is 3. The van der Waals surface area contributed by atoms with Crippen molar-refractivity contribution in [1.29, 1.82) is 0 Å². The first-order chi connectivity index (χ1) is 23.0. The molecule has 2 atom stereocenters. The number of halogens is 3. The molecule has 2 fully saturated rings. The zero-order chi connectivity index (χ0) is 33.7. The van der Waals surface area contributed by atoms with E-state index >= 15 is 4.39 Å². The molecule has 0 amide bonds. The summed E-state index contributed by atoms with van der Waals surface area (Å²) >= 11 is 8.06. The normalized spacial score (nSPS) is 19.1. The van der Waals surface area contributed by atoms with Gasteiger partial charge in [0.25, 0.3) is 0 Å². The Morgan fingerprint density at radius 3 is 2.50 bits per heavy atom. The monoisotopic (exact) mass is 691 g/mol. The summed E-state index contributed by atoms with van der Waals surface area (Å²) in [6.45, 7) is 10.3. The van der Waals surface area contributed by atoms with Gasteiger partial charge in [-0.25, -0.2) is 33.7 Å². The van der Waals surface area contributed by atoms with Gasteiger partial charge >= 0.3 is 0 Å². The molecule has 2 aliphatic heterocycles. The van der Waals surface area contributed by atoms with E-state index in [-0.39, 0.29) is 46.3 Å². The molecule has 7 rings (SSSR count). The molecule has 0 saturated carbocycles. The fraction of sp³-hybridized carbons (Fsp3) is 0.382. The molecule has 3 N–H and O–H groups in total. The van der Waals surface area contributed by atoms with Crippen LogP contribution in [-0.2, 0) is 4.74 Å². The van der Waals surface area contributed by atoms with E-state index in [9.17, 15) is 4.39 Å². The number of benzene rings is 2. The molecule has 0 bridgehead atoms. The Morgan fingerprint density at radius 2 is 1.83 bits per heavy atom. The van der Waals surface area contributed by atoms with Crippen molar-refractivity contribution >= 4 is 51.8 Å². The fourth-order valence-electron chi connectivity index (χ4n) is 6.77. The second-order valence-electron chi connectivity index (χ2n) is 12.8. The molecule has 0 unspecified atom stereocenters. The van der Waals surface area contributed by atoms with Gasteiger partial charge in [0.1, 0.15) is 27.9 Å². The van der Waals surface area contributed by atoms with Gasteiger partial charge in [0.2, 0.25) is 5.95 Å². The van der Waals surface area contributed by atoms with E-state index in [0.717, 1.165) is 49.4 Å². The van der Waals surface area contributed by atoms with Gasteiger partial charge in [0.15, 0.2) is 11.6 Å². The smallest absolute Gasteiger partial charge is 0.227 e. The lowest BCUT2D eigenvalue weighted by Gasteiger charge is -2.41. The lowest BCUT2D eigenvalue weighted by Crippen LogP contribution is -2.50. The SMILES string of the molecule is Cc1nc2c(F)cc(-c3nc(Nc4ccc(Sc5cnc(N6CCC7(CC6)CO[C@@H](C)[C@H]7N)cn5)c(Cl)c4)ncc3F)cc2n1C(C)C. The highest BCUT2D eigenvalue weighted by Crippen LogP contribution is 2.42. The van der Waals surface area contributed by atoms with Gasteiger partial charge in [-0.2, -0.15) is 0 Å². The number of ether oxygens (including phenoxy) is 1. The molecule has 250 valence electrons. The summed E-state index contributed by atoms with van der Waals surface area (Å²) in [6, 6.07) is 8.46. The fourth-order valence-corrected chi connectivity index (χ4v) is 7.79. The molecule has 48 heavy (non-hydrogen) atoms. The Labute approximate surface area is 286 Å². The number of nitrogens with one attached hydrogen (secondary N) is 1. The maximum Gasteiger partial charge on any atom is 0.227 e. The molecular weight excluding hydrogens is 656 g/mol. The average Bonchev–Trinajstić information content (AvgIpc) is 3.55. The molecule has 5 heterocycles. The third kappa shape index (κ3) is 6.08. The van der Waals surface area contributed by atoms with Gasteiger partial charge in [-0.05, 0) is 70.9 Å². The second kappa shape index (κ2) is 12.8. The van der Waals surface area contributed by atoms with Crippen molar-refractivity contribution in [2.45, 2.75) is 68.6 Å². The Kier molecular flexibility index (Phi) is 8.73. The Hall–Kier alpha value is -3.91. The van der Waals surface area contributed by atoms with E-state index < -0.39 is 11.6 Å². The van der Waals surface area contributed by atoms with Crippen LogP contribution in [0.15, 0.2) is 58.8 Å². The van der Waals surface area contributed by atoms with Gasteiger partial charge in [-0.3, -0.25) is 0 Å². The predicted octanol–water partition coefficient (Wildman–Crippen LogP) is 7.33. The van der Waals surface area contributed by atoms with E-state index in [0.29, 0.717) is 27.1 Å². The van der Waals surface area contributed by atoms with Crippen LogP contribution in [0.4, 0.5) is 26.2 Å². The minimum absolute atomic E-state index is 0.0301. The molecule has 2 saturated heterocycles. The quantitative estimate of drug-likeness (QED) is 0.180. The number of piperidine rings is 1. The highest BCUT2D eigenvalue weighted by molar-refractivity contribution is 7.99. The van der Waals surface area contributed by atoms with E-state index in [1.807, 2.05) is 37.5 Å². The second-order valence-corrected chi connectivity index (χ2v) is 14.3. The highest BCUT2D eigenvalue weighted by Gasteiger charge is 2.47. The van der Waals surface area contributed by atoms with Gasteiger partial charge in [-0.15, -0.1) is 0 Å². The largest absolute Gasteiger partial charge is 0.376 e. The summed E-state index contributed by atoms with van der Waals surface area (Å²) in [7, 11) is 0. The van der Waals surface area contributed by atoms with E-state index in [1.54, 1.807) is 24.5 Å². The van der Waals surface area contributed by atoms with Crippen LogP contribution >= 0.6 is 23.4 Å². The number of aryl methyl sites for hydroxylation is 1. The molecule has 14 heteroatoms. The number of hydrogen-bond donors (Lipinski definition) is 2. The zero-order valence-corrected chi connectivity index (χ0v) is 28.6. The molecular formula is C34H36ClF2N9OS. The summed E-state index contributed by atoms with van der Waals surface area (Å²) in [6.07, 6.45) is 6.64. The highest BCUT2D eigenvalue weighted by atomic mass is 35.5. The molecule has 3 aromatic heterocycles. The number of nitrogens with two attached hydrogens (primary N) is 1. The van der Waals surface area contributed by atoms with Crippen LogP contribution in [0.2, 0.25) is 5.02 Å². The van der Waals surface area contributed by atoms with Gasteiger partial charge in [0, 0.05) is 46.7 Å². The minimum Gasteiger partial charge on any atom is -0.376 e. The first-order valence-corrected chi connectivity index (χ1v) is 17.1. The van der Waals surface area contributed by atoms with E-state index in [4.69, 9.17) is 22.1 Å². The van der Waals surface area contributed by atoms with Crippen molar-refractivity contribution in [2.75, 3.05) is 29.9 Å². The van der Waals surface area contributed by atoms with E-state index in [1.165, 1.54) is 17.8 Å². The average molecular weight is 692 g/mol. The number of aromatic nitrogens is 6. The Bertz CT molecular complexity index is 1980. The van der Waals surface area contributed by atoms with Gasteiger partial charge in [0.05, 0.1) is 41.8 Å². The molecule has 2 aliphatic rings. The lowest BCUT2D eigenvalue weighted by atomic mass is 9.73. The van der Waals surface area contributed by atoms with Crippen LogP contribution in [0.5, 0.6) is 0 Å². The van der Waals surface area contributed by atoms with Gasteiger partial charge in [-0.1, -0.05) is 23.4 Å². The summed E-state index contributed by atoms with van der Waals surface area (Å²) in [5.74, 6) is 0.433. The van der Waals surface area contributed by atoms with Crippen molar-refractivity contribution in [2.24, 2.45) is 11.1 Å². The Balaban J connectivity index is 1.03. The van der Waals surface area contributed by atoms with Crippen LogP contribution in [0, 0.1) is 24.0 Å². The van der Waals surface area contributed by atoms with Crippen LogP contribution in [-0.4, -0.2) is 61.3 Å². The summed E-state index contributed by atoms with van der Waals surface area (Å²) in [5, 5.41) is 4.27. The predicted molar refractivity (Wildman–Crippen MR) is 184 cm³/mol. The maximum atomic E-state index is 15.1. The molecule has 5 aromatic rings. The summed E-state index contributed by atoms with van der Waals surface area (Å²) < 4.78 is 37.8. The lowest BCUT2D eigenvalue weighted by molar-refractivity contribution is 0.0974. The molecule has 2 aromatic carbocycles. The standard InChI is InChI=1S/C34H36ClF2N9OS/c1-18(2)46-20(4)42-31-24(36)11-21(12-26(31)46)30-25(37)14-41-33(44-30)43-22-5-6-27(23(35)13-22)48-29-16-39-28(15-40-29)45-9-7-34(8-10-45)17-47-19(3)32(34)38/h5-6,11-16,18-19,32H,7-10,17,38H2,1-4H3,(H,41,43,44)/t19-,32+/m0/s1. The van der Waals surface area contributed by atoms with Gasteiger partial charge < -0.3 is 25.3 Å². The molecule has 0 radical (unpaired) electrons. The number of rotatable bonds is 7. The first kappa shape index (κ1) is 32.6. The third-order valence-electron chi connectivity index (χ3n) is 9.41. The molecule has 10 nitrogen and oxygen atoms in total. The maximum absolute atomic E-state index is 15.1. The van der Waals surface area contributed by atoms with Crippen LogP contribution < -0.4 is 16.0 Å². The number of fused-ring (bicyclic) bond motifs is 1. The zero-order valence-electron chi connectivity index (χ0n) is 27.0. The summed E-state index contributed by atoms with van der Waals surface area (Å²) in [4.78, 5) is 25.2. The first-order valence-electron chi connectivity index (χ1n) is 15.9. The Morgan fingerprint density at radius 1 is 1.04 bits per heavy atom. The third-order valence-corrected chi connectivity index (χ3v) is 10.8. The number of hydrogen-bond acceptors (Lipinski definition) is 10. The number of imidazole rings is 1. The number of nitrogens with zero attached hydrogens (tertiary/aromatic N) is 7.